The van der Waals surface area contributed by atoms with Crippen molar-refractivity contribution in [2.45, 2.75) is 29.0 Å². The molecular formula is C23H16F3NO5S. The van der Waals surface area contributed by atoms with Gasteiger partial charge in [-0.2, -0.15) is 0 Å². The Balaban J connectivity index is 1.48. The molecule has 0 bridgehead atoms. The number of sulfone groups is 1. The Bertz CT molecular complexity index is 1380. The highest BCUT2D eigenvalue weighted by atomic mass is 32.2. The summed E-state index contributed by atoms with van der Waals surface area (Å²) >= 11 is 0. The highest BCUT2D eigenvalue weighted by molar-refractivity contribution is 7.91. The number of aromatic nitrogens is 1. The monoisotopic (exact) mass is 475 g/mol. The lowest BCUT2D eigenvalue weighted by molar-refractivity contribution is -0.275. The zero-order valence-electron chi connectivity index (χ0n) is 16.9. The SMILES string of the molecule is O=C(CCc1ccc(S(=O)(=O)c2ccccc2OC(F)(F)F)cc1)c1cc2ccncc2o1. The van der Waals surface area contributed by atoms with Crippen molar-refractivity contribution in [2.24, 2.45) is 0 Å². The Morgan fingerprint density at radius 1 is 1.03 bits per heavy atom. The molecule has 0 radical (unpaired) electrons. The third kappa shape index (κ3) is 5.06. The molecule has 0 unspecified atom stereocenters. The van der Waals surface area contributed by atoms with Gasteiger partial charge < -0.3 is 9.15 Å². The summed E-state index contributed by atoms with van der Waals surface area (Å²) in [5, 5.41) is 0.762. The molecule has 170 valence electrons. The molecule has 4 aromatic rings. The topological polar surface area (TPSA) is 86.5 Å². The maximum Gasteiger partial charge on any atom is 0.573 e. The summed E-state index contributed by atoms with van der Waals surface area (Å²) in [5.41, 5.74) is 1.19. The summed E-state index contributed by atoms with van der Waals surface area (Å²) in [4.78, 5) is 15.6. The fraction of sp³-hybridized carbons (Fsp3) is 0.130. The highest BCUT2D eigenvalue weighted by Gasteiger charge is 2.34. The predicted octanol–water partition coefficient (Wildman–Crippen LogP) is 5.37. The smallest absolute Gasteiger partial charge is 0.451 e. The van der Waals surface area contributed by atoms with Crippen LogP contribution in [0.2, 0.25) is 0 Å². The number of alkyl halides is 3. The van der Waals surface area contributed by atoms with E-state index < -0.39 is 26.8 Å². The first-order valence-electron chi connectivity index (χ1n) is 9.69. The second-order valence-corrected chi connectivity index (χ2v) is 9.01. The van der Waals surface area contributed by atoms with Crippen molar-refractivity contribution in [3.63, 3.8) is 0 Å². The number of benzene rings is 2. The lowest BCUT2D eigenvalue weighted by atomic mass is 10.1. The number of hydrogen-bond acceptors (Lipinski definition) is 6. The number of carbonyl (C=O) groups is 1. The van der Waals surface area contributed by atoms with Gasteiger partial charge >= 0.3 is 6.36 Å². The number of halogens is 3. The molecule has 0 saturated heterocycles. The van der Waals surface area contributed by atoms with E-state index >= 15 is 0 Å². The van der Waals surface area contributed by atoms with E-state index in [0.29, 0.717) is 17.6 Å². The second kappa shape index (κ2) is 8.70. The number of pyridine rings is 1. The Morgan fingerprint density at radius 2 is 1.76 bits per heavy atom. The average Bonchev–Trinajstić information content (AvgIpc) is 3.21. The zero-order chi connectivity index (χ0) is 23.6. The van der Waals surface area contributed by atoms with Crippen molar-refractivity contribution in [1.82, 2.24) is 4.98 Å². The number of hydrogen-bond donors (Lipinski definition) is 0. The Kier molecular flexibility index (Phi) is 5.94. The van der Waals surface area contributed by atoms with Crippen LogP contribution in [0.4, 0.5) is 13.2 Å². The van der Waals surface area contributed by atoms with E-state index in [-0.39, 0.29) is 22.9 Å². The van der Waals surface area contributed by atoms with Crippen molar-refractivity contribution < 1.29 is 35.5 Å². The van der Waals surface area contributed by atoms with Gasteiger partial charge in [0.1, 0.15) is 10.6 Å². The summed E-state index contributed by atoms with van der Waals surface area (Å²) in [6, 6.07) is 13.5. The van der Waals surface area contributed by atoms with Crippen LogP contribution in [0.3, 0.4) is 0 Å². The van der Waals surface area contributed by atoms with Crippen molar-refractivity contribution in [1.29, 1.82) is 0 Å². The van der Waals surface area contributed by atoms with Crippen LogP contribution in [0.5, 0.6) is 5.75 Å². The third-order valence-electron chi connectivity index (χ3n) is 4.84. The number of ketones is 1. The Labute approximate surface area is 186 Å². The number of rotatable bonds is 7. The van der Waals surface area contributed by atoms with E-state index in [2.05, 4.69) is 9.72 Å². The molecule has 2 heterocycles. The van der Waals surface area contributed by atoms with Gasteiger partial charge in [0.15, 0.2) is 17.1 Å². The average molecular weight is 475 g/mol. The summed E-state index contributed by atoms with van der Waals surface area (Å²) in [7, 11) is -4.26. The number of aryl methyl sites for hydroxylation is 1. The van der Waals surface area contributed by atoms with Crippen molar-refractivity contribution >= 4 is 26.6 Å². The Hall–Kier alpha value is -3.66. The van der Waals surface area contributed by atoms with E-state index in [9.17, 15) is 26.4 Å². The lowest BCUT2D eigenvalue weighted by Crippen LogP contribution is -2.19. The molecule has 2 aromatic carbocycles. The fourth-order valence-electron chi connectivity index (χ4n) is 3.25. The van der Waals surface area contributed by atoms with Gasteiger partial charge in [-0.25, -0.2) is 8.42 Å². The summed E-state index contributed by atoms with van der Waals surface area (Å²) in [6.07, 6.45) is -1.47. The van der Waals surface area contributed by atoms with Crippen LogP contribution in [-0.4, -0.2) is 25.5 Å². The third-order valence-corrected chi connectivity index (χ3v) is 6.65. The van der Waals surface area contributed by atoms with Crippen molar-refractivity contribution in [3.05, 3.63) is 84.4 Å². The van der Waals surface area contributed by atoms with Gasteiger partial charge in [-0.1, -0.05) is 24.3 Å². The number of fused-ring (bicyclic) bond motifs is 1. The van der Waals surface area contributed by atoms with Gasteiger partial charge in [-0.05, 0) is 48.4 Å². The number of Topliss-reactive ketones (excluding diaryl/α,β-unsaturated/α-hetero) is 1. The second-order valence-electron chi connectivity index (χ2n) is 7.09. The standard InChI is InChI=1S/C23H16F3NO5S/c24-23(25,26)32-19-3-1-2-4-22(19)33(29,30)17-8-5-15(6-9-17)7-10-18(28)20-13-16-11-12-27-14-21(16)31-20/h1-6,8-9,11-14H,7,10H2. The lowest BCUT2D eigenvalue weighted by Gasteiger charge is -2.13. The minimum atomic E-state index is -5.03. The molecule has 0 saturated carbocycles. The first kappa shape index (κ1) is 22.5. The number of carbonyl (C=O) groups excluding carboxylic acids is 1. The summed E-state index contributed by atoms with van der Waals surface area (Å²) in [6.45, 7) is 0. The van der Waals surface area contributed by atoms with Crippen LogP contribution in [0.25, 0.3) is 11.0 Å². The summed E-state index contributed by atoms with van der Waals surface area (Å²) in [5.74, 6) is -0.819. The van der Waals surface area contributed by atoms with Gasteiger partial charge in [0.05, 0.1) is 11.1 Å². The molecule has 0 N–H and O–H groups in total. The van der Waals surface area contributed by atoms with Crippen molar-refractivity contribution in [2.75, 3.05) is 0 Å². The number of furan rings is 1. The first-order chi connectivity index (χ1) is 15.6. The van der Waals surface area contributed by atoms with Gasteiger partial charge in [-0.3, -0.25) is 9.78 Å². The van der Waals surface area contributed by atoms with E-state index in [0.717, 1.165) is 17.5 Å². The molecular weight excluding hydrogens is 459 g/mol. The maximum absolute atomic E-state index is 12.9. The molecule has 33 heavy (non-hydrogen) atoms. The van der Waals surface area contributed by atoms with E-state index in [1.807, 2.05) is 0 Å². The van der Waals surface area contributed by atoms with Crippen LogP contribution < -0.4 is 4.74 Å². The molecule has 0 spiro atoms. The minimum Gasteiger partial charge on any atom is -0.451 e. The van der Waals surface area contributed by atoms with Crippen LogP contribution in [0.15, 0.2) is 87.3 Å². The highest BCUT2D eigenvalue weighted by Crippen LogP contribution is 2.33. The van der Waals surface area contributed by atoms with Crippen LogP contribution >= 0.6 is 0 Å². The van der Waals surface area contributed by atoms with Gasteiger partial charge in [-0.15, -0.1) is 13.2 Å². The molecule has 6 nitrogen and oxygen atoms in total. The molecule has 0 aliphatic rings. The largest absolute Gasteiger partial charge is 0.573 e. The molecule has 0 atom stereocenters. The molecule has 4 rings (SSSR count). The Morgan fingerprint density at radius 3 is 2.45 bits per heavy atom. The molecule has 2 aromatic heterocycles. The maximum atomic E-state index is 12.9. The fourth-order valence-corrected chi connectivity index (χ4v) is 4.63. The normalized spacial score (nSPS) is 12.1. The van der Waals surface area contributed by atoms with Crippen molar-refractivity contribution in [3.8, 4) is 5.75 Å². The molecule has 0 aliphatic carbocycles. The van der Waals surface area contributed by atoms with E-state index in [1.54, 1.807) is 18.3 Å². The molecule has 0 aliphatic heterocycles. The van der Waals surface area contributed by atoms with Crippen LogP contribution in [0, 0.1) is 0 Å². The minimum absolute atomic E-state index is 0.127. The molecule has 0 fully saturated rings. The quantitative estimate of drug-likeness (QED) is 0.334. The predicted molar refractivity (Wildman–Crippen MR) is 112 cm³/mol. The molecule has 0 amide bonds. The van der Waals surface area contributed by atoms with Crippen LogP contribution in [0.1, 0.15) is 22.5 Å². The van der Waals surface area contributed by atoms with Gasteiger partial charge in [0.25, 0.3) is 0 Å². The van der Waals surface area contributed by atoms with Gasteiger partial charge in [0, 0.05) is 18.0 Å². The zero-order valence-corrected chi connectivity index (χ0v) is 17.7. The number of nitrogens with zero attached hydrogens (tertiary/aromatic N) is 1. The number of para-hydroxylation sites is 1. The van der Waals surface area contributed by atoms with Crippen LogP contribution in [-0.2, 0) is 16.3 Å². The van der Waals surface area contributed by atoms with E-state index in [4.69, 9.17) is 4.42 Å². The first-order valence-corrected chi connectivity index (χ1v) is 11.2. The summed E-state index contributed by atoms with van der Waals surface area (Å²) < 4.78 is 73.0. The van der Waals surface area contributed by atoms with Gasteiger partial charge in [0.2, 0.25) is 9.84 Å². The molecule has 10 heteroatoms. The number of ether oxygens (including phenoxy) is 1. The van der Waals surface area contributed by atoms with E-state index in [1.165, 1.54) is 42.6 Å².